The number of ether oxygens (including phenoxy) is 1. The molecule has 6 heteroatoms. The molecule has 6 nitrogen and oxygen atoms in total. The third kappa shape index (κ3) is 2.75. The lowest BCUT2D eigenvalue weighted by molar-refractivity contribution is -0.145. The minimum atomic E-state index is -1.14. The van der Waals surface area contributed by atoms with E-state index < -0.39 is 35.2 Å². The Balaban J connectivity index is 2.96. The van der Waals surface area contributed by atoms with Crippen LogP contribution in [0.15, 0.2) is 0 Å². The van der Waals surface area contributed by atoms with Gasteiger partial charge in [-0.2, -0.15) is 0 Å². The van der Waals surface area contributed by atoms with Gasteiger partial charge in [-0.15, -0.1) is 0 Å². The highest BCUT2D eigenvalue weighted by Crippen LogP contribution is 2.37. The molecule has 0 spiro atoms. The quantitative estimate of drug-likeness (QED) is 0.735. The molecule has 1 heterocycles. The Labute approximate surface area is 107 Å². The SMILES string of the molecule is CC(C)(C)OC(=O)N1C[C@@H](O)C(C)(C)[C@@H]1C(=O)O. The topological polar surface area (TPSA) is 87.1 Å². The number of hydrogen-bond acceptors (Lipinski definition) is 4. The summed E-state index contributed by atoms with van der Waals surface area (Å²) in [5.41, 5.74) is -1.60. The molecule has 2 atom stereocenters. The molecule has 0 saturated carbocycles. The molecule has 1 aliphatic rings. The van der Waals surface area contributed by atoms with Crippen molar-refractivity contribution in [3.05, 3.63) is 0 Å². The summed E-state index contributed by atoms with van der Waals surface area (Å²) in [5, 5.41) is 19.1. The molecular formula is C12H21NO5. The van der Waals surface area contributed by atoms with Gasteiger partial charge in [-0.3, -0.25) is 4.90 Å². The van der Waals surface area contributed by atoms with E-state index in [4.69, 9.17) is 4.74 Å². The zero-order valence-corrected chi connectivity index (χ0v) is 11.4. The fourth-order valence-corrected chi connectivity index (χ4v) is 2.06. The lowest BCUT2D eigenvalue weighted by Crippen LogP contribution is -2.48. The molecule has 0 aromatic carbocycles. The van der Waals surface area contributed by atoms with Crippen molar-refractivity contribution in [3.8, 4) is 0 Å². The van der Waals surface area contributed by atoms with E-state index in [-0.39, 0.29) is 6.54 Å². The van der Waals surface area contributed by atoms with Crippen molar-refractivity contribution >= 4 is 12.1 Å². The lowest BCUT2D eigenvalue weighted by Gasteiger charge is -2.31. The van der Waals surface area contributed by atoms with Crippen LogP contribution in [0.25, 0.3) is 0 Å². The standard InChI is InChI=1S/C12H21NO5/c1-11(2,3)18-10(17)13-6-7(14)12(4,5)8(13)9(15)16/h7-8,14H,6H2,1-5H3,(H,15,16)/t7-,8+/m1/s1. The number of aliphatic hydroxyl groups excluding tert-OH is 1. The maximum absolute atomic E-state index is 11.9. The number of aliphatic hydroxyl groups is 1. The van der Waals surface area contributed by atoms with Crippen molar-refractivity contribution < 1.29 is 24.5 Å². The molecule has 1 fully saturated rings. The van der Waals surface area contributed by atoms with Gasteiger partial charge >= 0.3 is 12.1 Å². The van der Waals surface area contributed by atoms with E-state index in [0.717, 1.165) is 4.90 Å². The lowest BCUT2D eigenvalue weighted by atomic mass is 9.82. The van der Waals surface area contributed by atoms with Crippen molar-refractivity contribution in [2.45, 2.75) is 52.4 Å². The molecule has 2 N–H and O–H groups in total. The fraction of sp³-hybridized carbons (Fsp3) is 0.833. The van der Waals surface area contributed by atoms with Gasteiger partial charge < -0.3 is 14.9 Å². The number of aliphatic carboxylic acids is 1. The molecule has 1 saturated heterocycles. The Morgan fingerprint density at radius 3 is 2.22 bits per heavy atom. The van der Waals surface area contributed by atoms with Crippen LogP contribution in [-0.2, 0) is 9.53 Å². The normalized spacial score (nSPS) is 27.1. The van der Waals surface area contributed by atoms with E-state index in [9.17, 15) is 19.8 Å². The third-order valence-corrected chi connectivity index (χ3v) is 3.11. The van der Waals surface area contributed by atoms with E-state index in [1.165, 1.54) is 0 Å². The first-order valence-corrected chi connectivity index (χ1v) is 5.87. The Bertz CT molecular complexity index is 358. The number of carbonyl (C=O) groups excluding carboxylic acids is 1. The molecule has 0 radical (unpaired) electrons. The molecule has 0 aliphatic carbocycles. The molecule has 0 unspecified atom stereocenters. The van der Waals surface area contributed by atoms with Crippen LogP contribution in [-0.4, -0.2) is 51.5 Å². The second kappa shape index (κ2) is 4.42. The van der Waals surface area contributed by atoms with Crippen LogP contribution in [0.2, 0.25) is 0 Å². The number of nitrogens with zero attached hydrogens (tertiary/aromatic N) is 1. The first kappa shape index (κ1) is 14.8. The monoisotopic (exact) mass is 259 g/mol. The molecular weight excluding hydrogens is 238 g/mol. The molecule has 1 aliphatic heterocycles. The van der Waals surface area contributed by atoms with Crippen molar-refractivity contribution in [1.29, 1.82) is 0 Å². The summed E-state index contributed by atoms with van der Waals surface area (Å²) in [7, 11) is 0. The summed E-state index contributed by atoms with van der Waals surface area (Å²) >= 11 is 0. The molecule has 104 valence electrons. The highest BCUT2D eigenvalue weighted by molar-refractivity contribution is 5.82. The van der Waals surface area contributed by atoms with Crippen LogP contribution >= 0.6 is 0 Å². The summed E-state index contributed by atoms with van der Waals surface area (Å²) in [6.07, 6.45) is -1.59. The Hall–Kier alpha value is -1.30. The summed E-state index contributed by atoms with van der Waals surface area (Å²) in [4.78, 5) is 24.3. The average molecular weight is 259 g/mol. The predicted molar refractivity (Wildman–Crippen MR) is 64.2 cm³/mol. The van der Waals surface area contributed by atoms with Crippen LogP contribution < -0.4 is 0 Å². The van der Waals surface area contributed by atoms with Gasteiger partial charge in [-0.1, -0.05) is 13.8 Å². The zero-order valence-electron chi connectivity index (χ0n) is 11.4. The van der Waals surface area contributed by atoms with Crippen molar-refractivity contribution in [2.75, 3.05) is 6.54 Å². The van der Waals surface area contributed by atoms with Gasteiger partial charge in [0.2, 0.25) is 0 Å². The summed E-state index contributed by atoms with van der Waals surface area (Å²) in [5.74, 6) is -1.14. The van der Waals surface area contributed by atoms with Crippen LogP contribution in [0.3, 0.4) is 0 Å². The van der Waals surface area contributed by atoms with Gasteiger partial charge in [-0.25, -0.2) is 9.59 Å². The van der Waals surface area contributed by atoms with Gasteiger partial charge in [0.05, 0.1) is 12.6 Å². The first-order valence-electron chi connectivity index (χ1n) is 5.87. The van der Waals surface area contributed by atoms with Gasteiger partial charge in [0.25, 0.3) is 0 Å². The number of carbonyl (C=O) groups is 2. The first-order chi connectivity index (χ1) is 7.97. The number of rotatable bonds is 1. The highest BCUT2D eigenvalue weighted by atomic mass is 16.6. The summed E-state index contributed by atoms with van der Waals surface area (Å²) in [6, 6.07) is -1.08. The Morgan fingerprint density at radius 1 is 1.33 bits per heavy atom. The molecule has 1 rings (SSSR count). The molecule has 0 aromatic heterocycles. The van der Waals surface area contributed by atoms with E-state index >= 15 is 0 Å². The Kier molecular flexibility index (Phi) is 3.63. The minimum absolute atomic E-state index is 0.0289. The van der Waals surface area contributed by atoms with Crippen LogP contribution in [0.5, 0.6) is 0 Å². The van der Waals surface area contributed by atoms with Crippen molar-refractivity contribution in [1.82, 2.24) is 4.90 Å². The second-order valence-corrected chi connectivity index (χ2v) is 6.21. The minimum Gasteiger partial charge on any atom is -0.480 e. The van der Waals surface area contributed by atoms with E-state index in [0.29, 0.717) is 0 Å². The molecule has 0 bridgehead atoms. The molecule has 18 heavy (non-hydrogen) atoms. The molecule has 0 aromatic rings. The number of carboxylic acids is 1. The average Bonchev–Trinajstić information content (AvgIpc) is 2.35. The van der Waals surface area contributed by atoms with E-state index in [1.54, 1.807) is 34.6 Å². The van der Waals surface area contributed by atoms with Crippen LogP contribution in [0, 0.1) is 5.41 Å². The number of likely N-dealkylation sites (tertiary alicyclic amines) is 1. The number of carboxylic acid groups (broad SMARTS) is 1. The maximum Gasteiger partial charge on any atom is 0.411 e. The van der Waals surface area contributed by atoms with Crippen LogP contribution in [0.4, 0.5) is 4.79 Å². The fourth-order valence-electron chi connectivity index (χ4n) is 2.06. The van der Waals surface area contributed by atoms with Gasteiger partial charge in [0.1, 0.15) is 11.6 Å². The largest absolute Gasteiger partial charge is 0.480 e. The summed E-state index contributed by atoms with van der Waals surface area (Å²) < 4.78 is 5.16. The number of hydrogen-bond donors (Lipinski definition) is 2. The molecule has 1 amide bonds. The maximum atomic E-state index is 11.9. The number of β-amino-alcohol motifs (C(OH)–C–C–N with tert-alkyl or cyclic N) is 1. The van der Waals surface area contributed by atoms with Crippen molar-refractivity contribution in [2.24, 2.45) is 5.41 Å². The Morgan fingerprint density at radius 2 is 1.83 bits per heavy atom. The van der Waals surface area contributed by atoms with Gasteiger partial charge in [0.15, 0.2) is 0 Å². The van der Waals surface area contributed by atoms with E-state index in [1.807, 2.05) is 0 Å². The van der Waals surface area contributed by atoms with E-state index in [2.05, 4.69) is 0 Å². The smallest absolute Gasteiger partial charge is 0.411 e. The van der Waals surface area contributed by atoms with Gasteiger partial charge in [-0.05, 0) is 20.8 Å². The van der Waals surface area contributed by atoms with Crippen LogP contribution in [0.1, 0.15) is 34.6 Å². The number of amides is 1. The summed E-state index contributed by atoms with van der Waals surface area (Å²) in [6.45, 7) is 8.34. The highest BCUT2D eigenvalue weighted by Gasteiger charge is 2.54. The zero-order chi connectivity index (χ0) is 14.3. The second-order valence-electron chi connectivity index (χ2n) is 6.21. The third-order valence-electron chi connectivity index (χ3n) is 3.11. The van der Waals surface area contributed by atoms with Crippen molar-refractivity contribution in [3.63, 3.8) is 0 Å². The predicted octanol–water partition coefficient (Wildman–Crippen LogP) is 1.08. The van der Waals surface area contributed by atoms with Gasteiger partial charge in [0, 0.05) is 5.41 Å².